The Kier molecular flexibility index (Phi) is 8.03. The number of benzene rings is 2. The van der Waals surface area contributed by atoms with Crippen LogP contribution in [0.2, 0.25) is 0 Å². The zero-order valence-corrected chi connectivity index (χ0v) is 22.3. The predicted octanol–water partition coefficient (Wildman–Crippen LogP) is 4.74. The summed E-state index contributed by atoms with van der Waals surface area (Å²) in [7, 11) is 1.54. The number of hydrogen-bond acceptors (Lipinski definition) is 8. The van der Waals surface area contributed by atoms with Gasteiger partial charge in [0.1, 0.15) is 29.9 Å². The molecule has 3 N–H and O–H groups in total. The largest absolute Gasteiger partial charge is 0.478 e. The second-order valence-corrected chi connectivity index (χ2v) is 9.28. The van der Waals surface area contributed by atoms with E-state index >= 15 is 4.39 Å². The van der Waals surface area contributed by atoms with Gasteiger partial charge < -0.3 is 24.9 Å². The summed E-state index contributed by atoms with van der Waals surface area (Å²) in [6.45, 7) is 0.561. The Labute approximate surface area is 238 Å². The quantitative estimate of drug-likeness (QED) is 0.243. The lowest BCUT2D eigenvalue weighted by Crippen LogP contribution is -2.11. The average Bonchev–Trinajstić information content (AvgIpc) is 3.33. The van der Waals surface area contributed by atoms with E-state index < -0.39 is 17.6 Å². The van der Waals surface area contributed by atoms with Crippen LogP contribution in [0.1, 0.15) is 33.0 Å². The fourth-order valence-corrected chi connectivity index (χ4v) is 4.43. The number of halogens is 2. The molecular formula is C30H24F2N6O4. The molecule has 0 saturated heterocycles. The normalized spacial score (nSPS) is 11.0. The number of nitrogen functional groups attached to an aromatic ring is 1. The van der Waals surface area contributed by atoms with E-state index in [0.29, 0.717) is 35.7 Å². The van der Waals surface area contributed by atoms with Crippen LogP contribution >= 0.6 is 0 Å². The van der Waals surface area contributed by atoms with Crippen molar-refractivity contribution in [3.05, 3.63) is 101 Å². The van der Waals surface area contributed by atoms with Gasteiger partial charge in [-0.15, -0.1) is 0 Å². The second-order valence-electron chi connectivity index (χ2n) is 9.28. The number of imidazole rings is 1. The van der Waals surface area contributed by atoms with E-state index in [0.717, 1.165) is 6.07 Å². The van der Waals surface area contributed by atoms with Crippen LogP contribution in [0.25, 0.3) is 22.3 Å². The number of rotatable bonds is 10. The van der Waals surface area contributed by atoms with Gasteiger partial charge in [-0.3, -0.25) is 0 Å². The number of nitrogens with zero attached hydrogens (tertiary/aromatic N) is 5. The molecule has 0 atom stereocenters. The number of carbonyl (C=O) groups is 1. The van der Waals surface area contributed by atoms with E-state index in [1.807, 2.05) is 6.07 Å². The van der Waals surface area contributed by atoms with E-state index in [1.165, 1.54) is 30.3 Å². The van der Waals surface area contributed by atoms with Gasteiger partial charge in [0.25, 0.3) is 0 Å². The van der Waals surface area contributed by atoms with Crippen molar-refractivity contribution in [2.45, 2.75) is 19.6 Å². The van der Waals surface area contributed by atoms with Crippen LogP contribution in [0.3, 0.4) is 0 Å². The van der Waals surface area contributed by atoms with Gasteiger partial charge in [-0.05, 0) is 42.5 Å². The number of nitrogens with two attached hydrogens (primary N) is 1. The number of ether oxygens (including phenoxy) is 2. The van der Waals surface area contributed by atoms with Crippen molar-refractivity contribution in [1.29, 1.82) is 5.26 Å². The molecule has 12 heteroatoms. The molecule has 0 aliphatic carbocycles. The molecule has 3 aromatic heterocycles. The molecule has 5 aromatic rings. The van der Waals surface area contributed by atoms with Crippen molar-refractivity contribution >= 4 is 22.8 Å². The SMILES string of the molecule is COCCn1c(Cc2nc(N)c(-c3cccc(OCc4ccc(C#N)cc4F)n3)cc2F)nc2ccc(C(=O)O)cc21. The molecule has 0 bridgehead atoms. The van der Waals surface area contributed by atoms with E-state index in [9.17, 15) is 14.3 Å². The standard InChI is InChI=1S/C30H24F2N6O4/c1-41-10-9-38-26-12-18(30(39)40)7-8-24(26)35-27(38)14-25-22(32)13-20(29(34)37-25)23-3-2-4-28(36-23)42-16-19-6-5-17(15-33)11-21(19)31/h2-8,11-13H,9-10,14,16H2,1H3,(H2,34,37)(H,39,40). The number of aromatic nitrogens is 4. The van der Waals surface area contributed by atoms with E-state index in [1.54, 1.807) is 35.9 Å². The van der Waals surface area contributed by atoms with E-state index in [4.69, 9.17) is 20.5 Å². The smallest absolute Gasteiger partial charge is 0.335 e. The predicted molar refractivity (Wildman–Crippen MR) is 149 cm³/mol. The van der Waals surface area contributed by atoms with Crippen LogP contribution in [-0.4, -0.2) is 44.3 Å². The molecule has 0 spiro atoms. The fraction of sp³-hybridized carbons (Fsp3) is 0.167. The van der Waals surface area contributed by atoms with E-state index in [2.05, 4.69) is 15.0 Å². The lowest BCUT2D eigenvalue weighted by Gasteiger charge is -2.12. The van der Waals surface area contributed by atoms with Crippen LogP contribution < -0.4 is 10.5 Å². The molecule has 0 aliphatic rings. The summed E-state index contributed by atoms with van der Waals surface area (Å²) in [5, 5.41) is 18.3. The lowest BCUT2D eigenvalue weighted by atomic mass is 10.1. The van der Waals surface area contributed by atoms with Gasteiger partial charge >= 0.3 is 5.97 Å². The maximum Gasteiger partial charge on any atom is 0.335 e. The van der Waals surface area contributed by atoms with Gasteiger partial charge in [0.15, 0.2) is 0 Å². The summed E-state index contributed by atoms with van der Waals surface area (Å²) >= 11 is 0. The van der Waals surface area contributed by atoms with Crippen molar-refractivity contribution < 1.29 is 28.2 Å². The Bertz CT molecular complexity index is 1850. The minimum atomic E-state index is -1.07. The number of aromatic carboxylic acids is 1. The zero-order chi connectivity index (χ0) is 29.8. The van der Waals surface area contributed by atoms with Gasteiger partial charge in [-0.1, -0.05) is 12.1 Å². The summed E-state index contributed by atoms with van der Waals surface area (Å²) in [5.74, 6) is -1.63. The third-order valence-electron chi connectivity index (χ3n) is 6.55. The first kappa shape index (κ1) is 28.1. The van der Waals surface area contributed by atoms with Gasteiger partial charge in [0.2, 0.25) is 5.88 Å². The number of fused-ring (bicyclic) bond motifs is 1. The van der Waals surface area contributed by atoms with Gasteiger partial charge in [-0.2, -0.15) is 5.26 Å². The zero-order valence-electron chi connectivity index (χ0n) is 22.3. The highest BCUT2D eigenvalue weighted by Gasteiger charge is 2.19. The number of nitriles is 1. The molecule has 42 heavy (non-hydrogen) atoms. The number of carboxylic acid groups (broad SMARTS) is 1. The third-order valence-corrected chi connectivity index (χ3v) is 6.55. The maximum absolute atomic E-state index is 15.4. The number of methoxy groups -OCH3 is 1. The summed E-state index contributed by atoms with van der Waals surface area (Å²) in [5.41, 5.74) is 8.51. The number of hydrogen-bond donors (Lipinski definition) is 2. The molecule has 10 nitrogen and oxygen atoms in total. The number of carboxylic acids is 1. The van der Waals surface area contributed by atoms with Gasteiger partial charge in [0, 0.05) is 30.8 Å². The van der Waals surface area contributed by atoms with Crippen molar-refractivity contribution in [2.24, 2.45) is 0 Å². The molecule has 212 valence electrons. The minimum Gasteiger partial charge on any atom is -0.478 e. The highest BCUT2D eigenvalue weighted by atomic mass is 19.1. The Morgan fingerprint density at radius 3 is 2.64 bits per heavy atom. The van der Waals surface area contributed by atoms with Gasteiger partial charge in [-0.25, -0.2) is 28.5 Å². The first-order valence-electron chi connectivity index (χ1n) is 12.7. The molecule has 0 saturated carbocycles. The van der Waals surface area contributed by atoms with Crippen molar-refractivity contribution in [3.8, 4) is 23.2 Å². The molecule has 3 heterocycles. The lowest BCUT2D eigenvalue weighted by molar-refractivity contribution is 0.0697. The van der Waals surface area contributed by atoms with E-state index in [-0.39, 0.29) is 52.7 Å². The Morgan fingerprint density at radius 1 is 1.07 bits per heavy atom. The monoisotopic (exact) mass is 570 g/mol. The Hall–Kier alpha value is -5.41. The van der Waals surface area contributed by atoms with Gasteiger partial charge in [0.05, 0.1) is 52.6 Å². The molecule has 2 aromatic carbocycles. The fourth-order valence-electron chi connectivity index (χ4n) is 4.43. The summed E-state index contributed by atoms with van der Waals surface area (Å²) in [4.78, 5) is 24.7. The molecule has 0 aliphatic heterocycles. The van der Waals surface area contributed by atoms with Crippen LogP contribution in [0, 0.1) is 23.0 Å². The highest BCUT2D eigenvalue weighted by molar-refractivity contribution is 5.92. The molecular weight excluding hydrogens is 546 g/mol. The van der Waals surface area contributed by atoms with Crippen LogP contribution in [0.15, 0.2) is 60.7 Å². The topological polar surface area (TPSA) is 149 Å². The molecule has 0 radical (unpaired) electrons. The van der Waals surface area contributed by atoms with Crippen LogP contribution in [-0.2, 0) is 24.3 Å². The Balaban J connectivity index is 1.40. The highest BCUT2D eigenvalue weighted by Crippen LogP contribution is 2.28. The average molecular weight is 571 g/mol. The van der Waals surface area contributed by atoms with Crippen molar-refractivity contribution in [1.82, 2.24) is 19.5 Å². The third kappa shape index (κ3) is 5.86. The molecule has 0 amide bonds. The van der Waals surface area contributed by atoms with Crippen LogP contribution in [0.5, 0.6) is 5.88 Å². The minimum absolute atomic E-state index is 0.0101. The summed E-state index contributed by atoms with van der Waals surface area (Å²) in [6, 6.07) is 16.6. The molecule has 0 unspecified atom stereocenters. The van der Waals surface area contributed by atoms with Crippen LogP contribution in [0.4, 0.5) is 14.6 Å². The first-order valence-corrected chi connectivity index (χ1v) is 12.7. The maximum atomic E-state index is 15.4. The summed E-state index contributed by atoms with van der Waals surface area (Å²) < 4.78 is 42.2. The number of pyridine rings is 2. The van der Waals surface area contributed by atoms with Crippen molar-refractivity contribution in [2.75, 3.05) is 19.5 Å². The Morgan fingerprint density at radius 2 is 1.90 bits per heavy atom. The van der Waals surface area contributed by atoms with Crippen molar-refractivity contribution in [3.63, 3.8) is 0 Å². The first-order chi connectivity index (χ1) is 20.3. The molecule has 0 fully saturated rings. The summed E-state index contributed by atoms with van der Waals surface area (Å²) in [6.07, 6.45) is -0.0101. The second kappa shape index (κ2) is 12.0. The molecule has 5 rings (SSSR count). The number of anilines is 1.